The van der Waals surface area contributed by atoms with Gasteiger partial charge in [-0.3, -0.25) is 14.5 Å². The predicted octanol–water partition coefficient (Wildman–Crippen LogP) is 3.11. The molecule has 0 bridgehead atoms. The lowest BCUT2D eigenvalue weighted by molar-refractivity contribution is -0.139. The van der Waals surface area contributed by atoms with Gasteiger partial charge in [0.2, 0.25) is 5.91 Å². The zero-order chi connectivity index (χ0) is 26.9. The summed E-state index contributed by atoms with van der Waals surface area (Å²) in [6.07, 6.45) is -1.90. The first-order chi connectivity index (χ1) is 17.6. The topological polar surface area (TPSA) is 112 Å². The maximum absolute atomic E-state index is 14.2. The Kier molecular flexibility index (Phi) is 7.66. The number of rotatable bonds is 7. The van der Waals surface area contributed by atoms with Gasteiger partial charge in [-0.1, -0.05) is 39.0 Å². The van der Waals surface area contributed by atoms with Crippen LogP contribution in [0, 0.1) is 12.3 Å². The fraction of sp³-hybridized carbons (Fsp3) is 0.500. The zero-order valence-electron chi connectivity index (χ0n) is 22.4. The number of hydrogen-bond acceptors (Lipinski definition) is 7. The summed E-state index contributed by atoms with van der Waals surface area (Å²) in [5.41, 5.74) is 8.36. The highest BCUT2D eigenvalue weighted by Gasteiger charge is 2.47. The first-order valence-corrected chi connectivity index (χ1v) is 12.5. The molecule has 3 atom stereocenters. The highest BCUT2D eigenvalue weighted by molar-refractivity contribution is 6.02. The van der Waals surface area contributed by atoms with Crippen LogP contribution in [0.4, 0.5) is 5.69 Å². The molecule has 0 unspecified atom stereocenters. The number of benzene rings is 2. The second kappa shape index (κ2) is 10.6. The third kappa shape index (κ3) is 5.10. The minimum Gasteiger partial charge on any atom is -0.493 e. The van der Waals surface area contributed by atoms with Crippen LogP contribution < -0.4 is 30.2 Å². The van der Waals surface area contributed by atoms with Crippen molar-refractivity contribution >= 4 is 17.5 Å². The molecule has 3 N–H and O–H groups in total. The second-order valence-electron chi connectivity index (χ2n) is 10.5. The average Bonchev–Trinajstić information content (AvgIpc) is 2.97. The van der Waals surface area contributed by atoms with Gasteiger partial charge in [-0.2, -0.15) is 0 Å². The van der Waals surface area contributed by atoms with Gasteiger partial charge in [-0.25, -0.2) is 0 Å². The summed E-state index contributed by atoms with van der Waals surface area (Å²) in [7, 11) is 3.14. The number of hydrogen-bond donors (Lipinski definition) is 2. The number of anilines is 1. The van der Waals surface area contributed by atoms with E-state index >= 15 is 0 Å². The summed E-state index contributed by atoms with van der Waals surface area (Å²) in [6.45, 7) is 9.16. The number of nitrogens with two attached hydrogens (primary N) is 1. The van der Waals surface area contributed by atoms with Crippen LogP contribution >= 0.6 is 0 Å². The molecule has 2 amide bonds. The molecule has 2 heterocycles. The van der Waals surface area contributed by atoms with Crippen LogP contribution in [0.2, 0.25) is 0 Å². The predicted molar refractivity (Wildman–Crippen MR) is 140 cm³/mol. The summed E-state index contributed by atoms with van der Waals surface area (Å²) < 4.78 is 24.1. The van der Waals surface area contributed by atoms with Crippen molar-refractivity contribution in [3.8, 4) is 17.2 Å². The van der Waals surface area contributed by atoms with Gasteiger partial charge in [-0.15, -0.1) is 0 Å². The molecule has 9 heteroatoms. The van der Waals surface area contributed by atoms with E-state index in [4.69, 9.17) is 24.7 Å². The third-order valence-corrected chi connectivity index (χ3v) is 6.85. The Hall–Kier alpha value is -3.30. The number of nitrogens with one attached hydrogen (secondary N) is 1. The summed E-state index contributed by atoms with van der Waals surface area (Å²) >= 11 is 0. The Morgan fingerprint density at radius 3 is 2.59 bits per heavy atom. The maximum atomic E-state index is 14.2. The molecule has 0 aliphatic carbocycles. The smallest absolute Gasteiger partial charge is 0.257 e. The number of para-hydroxylation sites is 1. The fourth-order valence-corrected chi connectivity index (χ4v) is 5.04. The normalized spacial score (nSPS) is 21.0. The van der Waals surface area contributed by atoms with E-state index in [2.05, 4.69) is 26.1 Å². The zero-order valence-corrected chi connectivity index (χ0v) is 22.4. The van der Waals surface area contributed by atoms with Gasteiger partial charge in [0, 0.05) is 24.2 Å². The van der Waals surface area contributed by atoms with Crippen molar-refractivity contribution in [1.29, 1.82) is 0 Å². The third-order valence-electron chi connectivity index (χ3n) is 6.85. The van der Waals surface area contributed by atoms with E-state index in [0.717, 1.165) is 11.1 Å². The van der Waals surface area contributed by atoms with E-state index in [1.165, 1.54) is 0 Å². The molecule has 0 fully saturated rings. The molecule has 0 radical (unpaired) electrons. The summed E-state index contributed by atoms with van der Waals surface area (Å²) in [5, 5.41) is 2.76. The highest BCUT2D eigenvalue weighted by Crippen LogP contribution is 2.51. The Bertz CT molecular complexity index is 1180. The van der Waals surface area contributed by atoms with Crippen molar-refractivity contribution in [3.05, 3.63) is 47.0 Å². The number of methoxy groups -OCH3 is 2. The van der Waals surface area contributed by atoms with Crippen molar-refractivity contribution in [2.75, 3.05) is 38.8 Å². The van der Waals surface area contributed by atoms with E-state index < -0.39 is 12.2 Å². The number of amides is 2. The minimum absolute atomic E-state index is 0.141. The van der Waals surface area contributed by atoms with Crippen molar-refractivity contribution in [2.24, 2.45) is 11.1 Å². The largest absolute Gasteiger partial charge is 0.493 e. The van der Waals surface area contributed by atoms with Crippen LogP contribution in [0.15, 0.2) is 30.3 Å². The highest BCUT2D eigenvalue weighted by atomic mass is 16.5. The van der Waals surface area contributed by atoms with Gasteiger partial charge in [0.05, 0.1) is 32.4 Å². The van der Waals surface area contributed by atoms with Crippen LogP contribution in [0.1, 0.15) is 50.0 Å². The minimum atomic E-state index is -1.04. The Morgan fingerprint density at radius 1 is 1.19 bits per heavy atom. The van der Waals surface area contributed by atoms with Crippen molar-refractivity contribution in [2.45, 2.75) is 52.4 Å². The SMILES string of the molecule is COc1cccc([C@H]2O[C@H](CC(=O)NCCN)C(=O)N3c4c(cc(C)cc42)OC[C@H]3C(C)(C)C)c1OC. The number of nitrogens with zero attached hydrogens (tertiary/aromatic N) is 1. The van der Waals surface area contributed by atoms with Crippen LogP contribution in [0.5, 0.6) is 17.2 Å². The molecule has 0 spiro atoms. The number of ether oxygens (including phenoxy) is 4. The first-order valence-electron chi connectivity index (χ1n) is 12.5. The van der Waals surface area contributed by atoms with E-state index in [0.29, 0.717) is 48.2 Å². The summed E-state index contributed by atoms with van der Waals surface area (Å²) in [6, 6.07) is 9.22. The van der Waals surface area contributed by atoms with E-state index in [1.807, 2.05) is 31.2 Å². The lowest BCUT2D eigenvalue weighted by Crippen LogP contribution is -2.56. The van der Waals surface area contributed by atoms with Crippen LogP contribution in [-0.4, -0.2) is 57.9 Å². The second-order valence-corrected chi connectivity index (χ2v) is 10.5. The van der Waals surface area contributed by atoms with Gasteiger partial charge >= 0.3 is 0 Å². The van der Waals surface area contributed by atoms with Gasteiger partial charge in [0.15, 0.2) is 11.5 Å². The molecule has 37 heavy (non-hydrogen) atoms. The molecule has 4 rings (SSSR count). The molecule has 2 aromatic rings. The van der Waals surface area contributed by atoms with Crippen LogP contribution in [-0.2, 0) is 14.3 Å². The van der Waals surface area contributed by atoms with E-state index in [1.54, 1.807) is 25.2 Å². The Balaban J connectivity index is 1.94. The fourth-order valence-electron chi connectivity index (χ4n) is 5.04. The molecule has 2 aliphatic heterocycles. The van der Waals surface area contributed by atoms with Gasteiger partial charge in [-0.05, 0) is 30.0 Å². The monoisotopic (exact) mass is 511 g/mol. The lowest BCUT2D eigenvalue weighted by atomic mass is 9.84. The van der Waals surface area contributed by atoms with Crippen molar-refractivity contribution in [3.63, 3.8) is 0 Å². The molecule has 2 aromatic carbocycles. The number of carbonyl (C=O) groups excluding carboxylic acids is 2. The Morgan fingerprint density at radius 2 is 1.95 bits per heavy atom. The van der Waals surface area contributed by atoms with Crippen molar-refractivity contribution < 1.29 is 28.5 Å². The lowest BCUT2D eigenvalue weighted by Gasteiger charge is -2.44. The standard InChI is InChI=1S/C28H37N3O6/c1-16-12-18-24-20(13-16)36-15-22(28(2,3)4)31(24)27(33)21(14-23(32)30-11-10-29)37-25(18)17-8-7-9-19(34-5)26(17)35-6/h7-9,12-13,21-22,25H,10-11,14-15,29H2,1-6H3,(H,30,32)/t21-,22+,25-/m1/s1. The average molecular weight is 512 g/mol. The molecular formula is C28H37N3O6. The van der Waals surface area contributed by atoms with Gasteiger partial charge in [0.1, 0.15) is 24.6 Å². The molecule has 0 saturated carbocycles. The molecule has 0 aromatic heterocycles. The number of aryl methyl sites for hydroxylation is 1. The van der Waals surface area contributed by atoms with E-state index in [-0.39, 0.29) is 29.7 Å². The molecule has 9 nitrogen and oxygen atoms in total. The quantitative estimate of drug-likeness (QED) is 0.587. The Labute approximate surface area is 218 Å². The van der Waals surface area contributed by atoms with E-state index in [9.17, 15) is 9.59 Å². The molecular weight excluding hydrogens is 474 g/mol. The van der Waals surface area contributed by atoms with Gasteiger partial charge < -0.3 is 30.0 Å². The molecule has 2 aliphatic rings. The summed E-state index contributed by atoms with van der Waals surface area (Å²) in [4.78, 5) is 28.8. The maximum Gasteiger partial charge on any atom is 0.257 e. The van der Waals surface area contributed by atoms with Crippen LogP contribution in [0.25, 0.3) is 0 Å². The number of carbonyl (C=O) groups is 2. The van der Waals surface area contributed by atoms with Crippen molar-refractivity contribution in [1.82, 2.24) is 5.32 Å². The van der Waals surface area contributed by atoms with Gasteiger partial charge in [0.25, 0.3) is 5.91 Å². The summed E-state index contributed by atoms with van der Waals surface area (Å²) in [5.74, 6) is 1.08. The molecule has 0 saturated heterocycles. The first kappa shape index (κ1) is 26.8. The van der Waals surface area contributed by atoms with Crippen LogP contribution in [0.3, 0.4) is 0 Å². The molecule has 200 valence electrons.